The zero-order chi connectivity index (χ0) is 10.0. The highest BCUT2D eigenvalue weighted by atomic mass is 32.2. The summed E-state index contributed by atoms with van der Waals surface area (Å²) < 4.78 is 24.8. The van der Waals surface area contributed by atoms with Gasteiger partial charge in [0.05, 0.1) is 4.90 Å². The molecule has 1 heterocycles. The van der Waals surface area contributed by atoms with Gasteiger partial charge in [0.25, 0.3) is 10.0 Å². The molecule has 1 N–H and O–H groups in total. The Hall–Kier alpha value is -1.33. The summed E-state index contributed by atoms with van der Waals surface area (Å²) in [5, 5.41) is 0. The van der Waals surface area contributed by atoms with Crippen LogP contribution in [-0.2, 0) is 10.0 Å². The number of benzene rings is 1. The van der Waals surface area contributed by atoms with Crippen molar-refractivity contribution in [2.75, 3.05) is 6.54 Å². The third kappa shape index (κ3) is 1.51. The fourth-order valence-corrected chi connectivity index (χ4v) is 2.43. The molecule has 0 aromatic heterocycles. The lowest BCUT2D eigenvalue weighted by atomic mass is 10.4. The van der Waals surface area contributed by atoms with Gasteiger partial charge in [0.1, 0.15) is 0 Å². The van der Waals surface area contributed by atoms with Crippen molar-refractivity contribution in [2.24, 2.45) is 0 Å². The zero-order valence-corrected chi connectivity index (χ0v) is 8.24. The third-order valence-corrected chi connectivity index (χ3v) is 3.54. The molecule has 0 aliphatic carbocycles. The molecule has 2 rings (SSSR count). The van der Waals surface area contributed by atoms with Crippen LogP contribution in [0.4, 0.5) is 0 Å². The van der Waals surface area contributed by atoms with Gasteiger partial charge in [-0.1, -0.05) is 24.3 Å². The highest BCUT2D eigenvalue weighted by Crippen LogP contribution is 2.14. The Morgan fingerprint density at radius 1 is 1.21 bits per heavy atom. The SMILES string of the molecule is O=S(=O)(c1ccccc1)N1C=CCN1. The van der Waals surface area contributed by atoms with Crippen molar-refractivity contribution >= 4 is 10.0 Å². The van der Waals surface area contributed by atoms with Gasteiger partial charge < -0.3 is 0 Å². The largest absolute Gasteiger partial charge is 0.277 e. The minimum Gasteiger partial charge on any atom is -0.216 e. The van der Waals surface area contributed by atoms with Gasteiger partial charge in [0, 0.05) is 12.7 Å². The van der Waals surface area contributed by atoms with E-state index in [4.69, 9.17) is 0 Å². The number of nitrogens with one attached hydrogen (secondary N) is 1. The fourth-order valence-electron chi connectivity index (χ4n) is 1.21. The first-order valence-electron chi connectivity index (χ1n) is 4.21. The Balaban J connectivity index is 2.38. The number of hydrazine groups is 1. The first-order chi connectivity index (χ1) is 6.71. The maximum Gasteiger partial charge on any atom is 0.277 e. The molecule has 0 fully saturated rings. The predicted octanol–water partition coefficient (Wildman–Crippen LogP) is 0.709. The molecule has 0 radical (unpaired) electrons. The van der Waals surface area contributed by atoms with E-state index in [-0.39, 0.29) is 0 Å². The molecular formula is C9H10N2O2S. The Morgan fingerprint density at radius 3 is 2.50 bits per heavy atom. The van der Waals surface area contributed by atoms with Crippen LogP contribution in [0, 0.1) is 0 Å². The van der Waals surface area contributed by atoms with E-state index < -0.39 is 10.0 Å². The Kier molecular flexibility index (Phi) is 2.26. The van der Waals surface area contributed by atoms with Crippen LogP contribution in [0.3, 0.4) is 0 Å². The molecule has 1 aliphatic rings. The van der Waals surface area contributed by atoms with Crippen molar-refractivity contribution in [3.8, 4) is 0 Å². The maximum absolute atomic E-state index is 11.8. The molecule has 1 aliphatic heterocycles. The minimum absolute atomic E-state index is 0.291. The molecule has 1 aromatic carbocycles. The van der Waals surface area contributed by atoms with Crippen LogP contribution in [-0.4, -0.2) is 19.4 Å². The summed E-state index contributed by atoms with van der Waals surface area (Å²) in [6.45, 7) is 0.548. The number of sulfonamides is 1. The molecule has 0 spiro atoms. The van der Waals surface area contributed by atoms with Crippen molar-refractivity contribution < 1.29 is 8.42 Å². The van der Waals surface area contributed by atoms with Crippen LogP contribution in [0.5, 0.6) is 0 Å². The van der Waals surface area contributed by atoms with Gasteiger partial charge in [-0.25, -0.2) is 9.84 Å². The van der Waals surface area contributed by atoms with Crippen molar-refractivity contribution in [1.29, 1.82) is 0 Å². The van der Waals surface area contributed by atoms with E-state index in [1.54, 1.807) is 36.4 Å². The van der Waals surface area contributed by atoms with Crippen LogP contribution < -0.4 is 5.43 Å². The lowest BCUT2D eigenvalue weighted by molar-refractivity contribution is 0.443. The summed E-state index contributed by atoms with van der Waals surface area (Å²) in [6, 6.07) is 8.33. The first-order valence-corrected chi connectivity index (χ1v) is 5.65. The molecule has 0 atom stereocenters. The highest BCUT2D eigenvalue weighted by Gasteiger charge is 2.22. The molecule has 74 valence electrons. The summed E-state index contributed by atoms with van der Waals surface area (Å²) in [5.41, 5.74) is 2.73. The molecule has 0 saturated carbocycles. The van der Waals surface area contributed by atoms with Crippen LogP contribution in [0.25, 0.3) is 0 Å². The minimum atomic E-state index is -3.40. The molecule has 0 bridgehead atoms. The first kappa shape index (κ1) is 9.23. The fraction of sp³-hybridized carbons (Fsp3) is 0.111. The van der Waals surface area contributed by atoms with E-state index in [9.17, 15) is 8.42 Å². The van der Waals surface area contributed by atoms with Gasteiger partial charge in [-0.15, -0.1) is 0 Å². The normalized spacial score (nSPS) is 16.1. The summed E-state index contributed by atoms with van der Waals surface area (Å²) in [5.74, 6) is 0. The lowest BCUT2D eigenvalue weighted by Gasteiger charge is -2.15. The molecule has 14 heavy (non-hydrogen) atoms. The molecular weight excluding hydrogens is 200 g/mol. The topological polar surface area (TPSA) is 49.4 Å². The van der Waals surface area contributed by atoms with Gasteiger partial charge in [-0.2, -0.15) is 8.42 Å². The van der Waals surface area contributed by atoms with Crippen molar-refractivity contribution in [2.45, 2.75) is 4.90 Å². The Bertz CT molecular complexity index is 439. The predicted molar refractivity (Wildman–Crippen MR) is 52.6 cm³/mol. The molecule has 0 saturated heterocycles. The standard InChI is InChI=1S/C9H10N2O2S/c12-14(13,11-8-4-7-10-11)9-5-2-1-3-6-9/h1-6,8,10H,7H2. The van der Waals surface area contributed by atoms with E-state index in [1.807, 2.05) is 0 Å². The van der Waals surface area contributed by atoms with E-state index >= 15 is 0 Å². The van der Waals surface area contributed by atoms with Crippen LogP contribution >= 0.6 is 0 Å². The summed E-state index contributed by atoms with van der Waals surface area (Å²) in [4.78, 5) is 0.291. The molecule has 0 amide bonds. The second-order valence-electron chi connectivity index (χ2n) is 2.86. The summed E-state index contributed by atoms with van der Waals surface area (Å²) in [7, 11) is -3.40. The summed E-state index contributed by atoms with van der Waals surface area (Å²) in [6.07, 6.45) is 3.27. The number of hydrogen-bond donors (Lipinski definition) is 1. The second kappa shape index (κ2) is 3.43. The van der Waals surface area contributed by atoms with Crippen molar-refractivity contribution in [3.63, 3.8) is 0 Å². The van der Waals surface area contributed by atoms with Crippen LogP contribution in [0.15, 0.2) is 47.5 Å². The van der Waals surface area contributed by atoms with E-state index in [2.05, 4.69) is 5.43 Å². The highest BCUT2D eigenvalue weighted by molar-refractivity contribution is 7.89. The average Bonchev–Trinajstić information content (AvgIpc) is 2.72. The van der Waals surface area contributed by atoms with Gasteiger partial charge in [-0.3, -0.25) is 0 Å². The number of rotatable bonds is 2. The average molecular weight is 210 g/mol. The molecule has 4 nitrogen and oxygen atoms in total. The Labute approximate surface area is 82.9 Å². The van der Waals surface area contributed by atoms with E-state index in [1.165, 1.54) is 6.20 Å². The zero-order valence-electron chi connectivity index (χ0n) is 7.42. The molecule has 0 unspecified atom stereocenters. The quantitative estimate of drug-likeness (QED) is 0.782. The monoisotopic (exact) mass is 210 g/mol. The van der Waals surface area contributed by atoms with Crippen molar-refractivity contribution in [3.05, 3.63) is 42.6 Å². The number of hydrogen-bond acceptors (Lipinski definition) is 3. The van der Waals surface area contributed by atoms with Gasteiger partial charge in [0.2, 0.25) is 0 Å². The van der Waals surface area contributed by atoms with Gasteiger partial charge in [0.15, 0.2) is 0 Å². The van der Waals surface area contributed by atoms with E-state index in [0.29, 0.717) is 11.4 Å². The Morgan fingerprint density at radius 2 is 1.93 bits per heavy atom. The molecule has 1 aromatic rings. The lowest BCUT2D eigenvalue weighted by Crippen LogP contribution is -2.34. The van der Waals surface area contributed by atoms with Crippen LogP contribution in [0.2, 0.25) is 0 Å². The second-order valence-corrected chi connectivity index (χ2v) is 4.68. The maximum atomic E-state index is 11.8. The van der Waals surface area contributed by atoms with Crippen LogP contribution in [0.1, 0.15) is 0 Å². The third-order valence-electron chi connectivity index (χ3n) is 1.91. The van der Waals surface area contributed by atoms with Gasteiger partial charge in [-0.05, 0) is 12.1 Å². The number of nitrogens with zero attached hydrogens (tertiary/aromatic N) is 1. The van der Waals surface area contributed by atoms with Gasteiger partial charge >= 0.3 is 0 Å². The smallest absolute Gasteiger partial charge is 0.216 e. The molecule has 5 heteroatoms. The van der Waals surface area contributed by atoms with Crippen molar-refractivity contribution in [1.82, 2.24) is 9.84 Å². The van der Waals surface area contributed by atoms with E-state index in [0.717, 1.165) is 4.41 Å². The summed E-state index contributed by atoms with van der Waals surface area (Å²) >= 11 is 0.